The smallest absolute Gasteiger partial charge is 0.275 e. The quantitative estimate of drug-likeness (QED) is 0.670. The Labute approximate surface area is 115 Å². The zero-order valence-corrected chi connectivity index (χ0v) is 11.4. The molecule has 1 unspecified atom stereocenters. The Morgan fingerprint density at radius 3 is 2.75 bits per heavy atom. The van der Waals surface area contributed by atoms with E-state index in [9.17, 15) is 14.4 Å². The van der Waals surface area contributed by atoms with Crippen LogP contribution in [-0.4, -0.2) is 71.6 Å². The molecule has 1 aromatic heterocycles. The second kappa shape index (κ2) is 5.83. The van der Waals surface area contributed by atoms with Crippen LogP contribution in [0.15, 0.2) is 16.9 Å². The Hall–Kier alpha value is -2.22. The van der Waals surface area contributed by atoms with Gasteiger partial charge >= 0.3 is 0 Å². The summed E-state index contributed by atoms with van der Waals surface area (Å²) >= 11 is 0. The molecule has 20 heavy (non-hydrogen) atoms. The maximum atomic E-state index is 12.4. The van der Waals surface area contributed by atoms with Crippen molar-refractivity contribution >= 4 is 11.8 Å². The summed E-state index contributed by atoms with van der Waals surface area (Å²) in [5.41, 5.74) is -0.245. The van der Waals surface area contributed by atoms with E-state index in [0.717, 1.165) is 0 Å². The molecule has 1 aromatic rings. The molecule has 1 aliphatic rings. The predicted octanol–water partition coefficient (Wildman–Crippen LogP) is -1.73. The molecule has 2 amide bonds. The van der Waals surface area contributed by atoms with Crippen LogP contribution in [0.3, 0.4) is 0 Å². The van der Waals surface area contributed by atoms with Crippen LogP contribution >= 0.6 is 0 Å². The molecule has 8 nitrogen and oxygen atoms in total. The molecular weight excluding hydrogens is 262 g/mol. The van der Waals surface area contributed by atoms with E-state index in [4.69, 9.17) is 0 Å². The molecule has 1 aliphatic heterocycles. The maximum Gasteiger partial charge on any atom is 0.275 e. The Kier molecular flexibility index (Phi) is 4.14. The number of hydrogen-bond donors (Lipinski definition) is 2. The van der Waals surface area contributed by atoms with Gasteiger partial charge in [0.1, 0.15) is 11.7 Å². The molecule has 0 radical (unpaired) electrons. The zero-order valence-electron chi connectivity index (χ0n) is 11.4. The largest absolute Gasteiger partial charge is 0.347 e. The van der Waals surface area contributed by atoms with Crippen molar-refractivity contribution < 1.29 is 9.59 Å². The molecule has 1 saturated heterocycles. The first-order valence-electron chi connectivity index (χ1n) is 6.29. The normalized spacial score (nSPS) is 18.7. The fourth-order valence-electron chi connectivity index (χ4n) is 2.08. The number of rotatable bonds is 2. The summed E-state index contributed by atoms with van der Waals surface area (Å²) in [6, 6.07) is 2.05. The third-order valence-corrected chi connectivity index (χ3v) is 3.13. The molecular formula is C12H17N5O3. The summed E-state index contributed by atoms with van der Waals surface area (Å²) in [6.45, 7) is 1.45. The van der Waals surface area contributed by atoms with Crippen molar-refractivity contribution in [2.45, 2.75) is 6.04 Å². The van der Waals surface area contributed by atoms with Gasteiger partial charge in [0.25, 0.3) is 11.5 Å². The van der Waals surface area contributed by atoms with Crippen molar-refractivity contribution in [1.82, 2.24) is 25.3 Å². The van der Waals surface area contributed by atoms with Gasteiger partial charge in [-0.3, -0.25) is 14.4 Å². The highest BCUT2D eigenvalue weighted by Gasteiger charge is 2.33. The first kappa shape index (κ1) is 14.2. The van der Waals surface area contributed by atoms with Crippen LogP contribution in [0.25, 0.3) is 0 Å². The third kappa shape index (κ3) is 2.85. The highest BCUT2D eigenvalue weighted by molar-refractivity contribution is 5.96. The molecule has 1 fully saturated rings. The van der Waals surface area contributed by atoms with Crippen LogP contribution in [0.5, 0.6) is 0 Å². The summed E-state index contributed by atoms with van der Waals surface area (Å²) in [7, 11) is 3.30. The lowest BCUT2D eigenvalue weighted by atomic mass is 10.1. The number of nitrogens with one attached hydrogen (secondary N) is 2. The number of carbonyl (C=O) groups is 2. The molecule has 0 spiro atoms. The fourth-order valence-corrected chi connectivity index (χ4v) is 2.08. The number of nitrogens with zero attached hydrogens (tertiary/aromatic N) is 3. The molecule has 8 heteroatoms. The highest BCUT2D eigenvalue weighted by Crippen LogP contribution is 2.10. The van der Waals surface area contributed by atoms with Crippen LogP contribution in [0.2, 0.25) is 0 Å². The van der Waals surface area contributed by atoms with Gasteiger partial charge in [0.15, 0.2) is 0 Å². The van der Waals surface area contributed by atoms with Crippen LogP contribution in [0.4, 0.5) is 0 Å². The molecule has 0 bridgehead atoms. The zero-order chi connectivity index (χ0) is 14.7. The van der Waals surface area contributed by atoms with E-state index >= 15 is 0 Å². The fraction of sp³-hybridized carbons (Fsp3) is 0.500. The van der Waals surface area contributed by atoms with Crippen molar-refractivity contribution in [3.63, 3.8) is 0 Å². The van der Waals surface area contributed by atoms with Crippen LogP contribution in [0.1, 0.15) is 10.5 Å². The van der Waals surface area contributed by atoms with Gasteiger partial charge < -0.3 is 15.1 Å². The average molecular weight is 279 g/mol. The summed E-state index contributed by atoms with van der Waals surface area (Å²) < 4.78 is 0. The number of aromatic nitrogens is 2. The number of H-pyrrole nitrogens is 1. The molecule has 1 atom stereocenters. The Morgan fingerprint density at radius 1 is 1.40 bits per heavy atom. The van der Waals surface area contributed by atoms with Gasteiger partial charge in [0.2, 0.25) is 5.91 Å². The molecule has 2 rings (SSSR count). The van der Waals surface area contributed by atoms with Gasteiger partial charge in [-0.15, -0.1) is 0 Å². The summed E-state index contributed by atoms with van der Waals surface area (Å²) in [6.07, 6.45) is 0. The minimum absolute atomic E-state index is 0.128. The highest BCUT2D eigenvalue weighted by atomic mass is 16.2. The lowest BCUT2D eigenvalue weighted by molar-refractivity contribution is -0.134. The number of piperazine rings is 1. The van der Waals surface area contributed by atoms with Gasteiger partial charge in [0, 0.05) is 39.8 Å². The van der Waals surface area contributed by atoms with Crippen LogP contribution < -0.4 is 10.9 Å². The number of aromatic amines is 1. The molecule has 0 aliphatic carbocycles. The average Bonchev–Trinajstić information content (AvgIpc) is 2.46. The van der Waals surface area contributed by atoms with Crippen molar-refractivity contribution in [1.29, 1.82) is 0 Å². The second-order valence-corrected chi connectivity index (χ2v) is 4.76. The van der Waals surface area contributed by atoms with Gasteiger partial charge in [0.05, 0.1) is 0 Å². The molecule has 0 saturated carbocycles. The molecule has 0 aromatic carbocycles. The van der Waals surface area contributed by atoms with Crippen LogP contribution in [-0.2, 0) is 4.79 Å². The second-order valence-electron chi connectivity index (χ2n) is 4.76. The first-order chi connectivity index (χ1) is 9.50. The lowest BCUT2D eigenvalue weighted by Crippen LogP contribution is -2.59. The number of likely N-dealkylation sites (N-methyl/N-ethyl adjacent to an activating group) is 1. The van der Waals surface area contributed by atoms with Crippen molar-refractivity contribution in [2.75, 3.05) is 33.7 Å². The van der Waals surface area contributed by atoms with E-state index in [1.165, 1.54) is 21.9 Å². The standard InChI is InChI=1S/C12H17N5O3/c1-16(2)12(20)9-7-13-5-6-17(9)11(19)8-3-4-10(18)15-14-8/h3-4,9,13H,5-7H2,1-2H3,(H,15,18). The monoisotopic (exact) mass is 279 g/mol. The number of hydrogen-bond acceptors (Lipinski definition) is 5. The van der Waals surface area contributed by atoms with Gasteiger partial charge in [-0.1, -0.05) is 0 Å². The van der Waals surface area contributed by atoms with Gasteiger partial charge in [-0.2, -0.15) is 5.10 Å². The summed E-state index contributed by atoms with van der Waals surface area (Å²) in [5.74, 6) is -0.502. The van der Waals surface area contributed by atoms with Crippen molar-refractivity contribution in [2.24, 2.45) is 0 Å². The Balaban J connectivity index is 2.23. The first-order valence-corrected chi connectivity index (χ1v) is 6.29. The minimum atomic E-state index is -0.556. The van der Waals surface area contributed by atoms with Gasteiger partial charge in [-0.05, 0) is 6.07 Å². The van der Waals surface area contributed by atoms with E-state index in [0.29, 0.717) is 19.6 Å². The Bertz CT molecular complexity index is 548. The Morgan fingerprint density at radius 2 is 2.15 bits per heavy atom. The van der Waals surface area contributed by atoms with E-state index in [1.54, 1.807) is 14.1 Å². The summed E-state index contributed by atoms with van der Waals surface area (Å²) in [4.78, 5) is 38.4. The third-order valence-electron chi connectivity index (χ3n) is 3.13. The minimum Gasteiger partial charge on any atom is -0.347 e. The molecule has 108 valence electrons. The summed E-state index contributed by atoms with van der Waals surface area (Å²) in [5, 5.41) is 9.04. The van der Waals surface area contributed by atoms with E-state index in [-0.39, 0.29) is 23.1 Å². The maximum absolute atomic E-state index is 12.4. The SMILES string of the molecule is CN(C)C(=O)C1CNCCN1C(=O)c1ccc(=O)[nH]n1. The predicted molar refractivity (Wildman–Crippen MR) is 71.2 cm³/mol. The molecule has 2 heterocycles. The van der Waals surface area contributed by atoms with Crippen LogP contribution in [0, 0.1) is 0 Å². The van der Waals surface area contributed by atoms with E-state index < -0.39 is 6.04 Å². The lowest BCUT2D eigenvalue weighted by Gasteiger charge is -2.36. The van der Waals surface area contributed by atoms with E-state index in [1.807, 2.05) is 0 Å². The van der Waals surface area contributed by atoms with Crippen molar-refractivity contribution in [3.8, 4) is 0 Å². The topological polar surface area (TPSA) is 98.4 Å². The number of amides is 2. The van der Waals surface area contributed by atoms with E-state index in [2.05, 4.69) is 15.5 Å². The number of carbonyl (C=O) groups excluding carboxylic acids is 2. The molecule has 2 N–H and O–H groups in total. The van der Waals surface area contributed by atoms with Crippen molar-refractivity contribution in [3.05, 3.63) is 28.2 Å². The van der Waals surface area contributed by atoms with Gasteiger partial charge in [-0.25, -0.2) is 5.10 Å².